The molecule has 2 heterocycles. The maximum atomic E-state index is 12.3. The van der Waals surface area contributed by atoms with E-state index in [1.807, 2.05) is 0 Å². The van der Waals surface area contributed by atoms with E-state index in [0.29, 0.717) is 29.9 Å². The molecule has 112 valence electrons. The number of rotatable bonds is 5. The predicted molar refractivity (Wildman–Crippen MR) is 80.4 cm³/mol. The van der Waals surface area contributed by atoms with Crippen LogP contribution < -0.4 is 0 Å². The molecule has 0 N–H and O–H groups in total. The first-order valence-electron chi connectivity index (χ1n) is 6.79. The minimum atomic E-state index is -1.47. The topological polar surface area (TPSA) is 82.8 Å². The van der Waals surface area contributed by atoms with Crippen LogP contribution in [0.4, 0.5) is 0 Å². The van der Waals surface area contributed by atoms with Crippen LogP contribution in [0.1, 0.15) is 17.4 Å². The molecule has 0 aliphatic heterocycles. The normalized spacial score (nSPS) is 11.4. The maximum Gasteiger partial charge on any atom is 0.359 e. The molecular formula is C13H19N5O2Si. The van der Waals surface area contributed by atoms with Gasteiger partial charge in [-0.25, -0.2) is 9.48 Å². The Morgan fingerprint density at radius 2 is 2.10 bits per heavy atom. The molecule has 2 rings (SSSR count). The number of carbonyl (C=O) groups is 1. The summed E-state index contributed by atoms with van der Waals surface area (Å²) in [6.45, 7) is 8.67. The molecule has 8 heteroatoms. The summed E-state index contributed by atoms with van der Waals surface area (Å²) in [5, 5.41) is 8.22. The summed E-state index contributed by atoms with van der Waals surface area (Å²) in [7, 11) is -1.47. The standard InChI is InChI=1S/C13H19N5O2Si/c1-5-20-13(19)12-11(10-8-14-6-7-15-10)16-17-18(12)9-21(2,3)4/h6-8H,5,9H2,1-4H3. The van der Waals surface area contributed by atoms with Gasteiger partial charge in [0, 0.05) is 18.6 Å². The van der Waals surface area contributed by atoms with E-state index in [4.69, 9.17) is 4.74 Å². The highest BCUT2D eigenvalue weighted by atomic mass is 28.3. The van der Waals surface area contributed by atoms with Crippen LogP contribution in [0.5, 0.6) is 0 Å². The van der Waals surface area contributed by atoms with E-state index in [-0.39, 0.29) is 0 Å². The van der Waals surface area contributed by atoms with Gasteiger partial charge in [0.1, 0.15) is 11.4 Å². The Labute approximate surface area is 124 Å². The SMILES string of the molecule is CCOC(=O)c1c(-c2cnccn2)nnn1C[Si](C)(C)C. The zero-order valence-electron chi connectivity index (χ0n) is 12.7. The summed E-state index contributed by atoms with van der Waals surface area (Å²) in [6.07, 6.45) is 5.38. The second kappa shape index (κ2) is 6.13. The van der Waals surface area contributed by atoms with Crippen molar-refractivity contribution in [2.45, 2.75) is 32.7 Å². The fourth-order valence-corrected chi connectivity index (χ4v) is 2.99. The molecule has 0 radical (unpaired) electrons. The highest BCUT2D eigenvalue weighted by molar-refractivity contribution is 6.74. The molecule has 0 saturated carbocycles. The monoisotopic (exact) mass is 305 g/mol. The molecule has 0 spiro atoms. The molecule has 2 aromatic heterocycles. The number of hydrogen-bond donors (Lipinski definition) is 0. The van der Waals surface area contributed by atoms with Crippen molar-refractivity contribution in [3.63, 3.8) is 0 Å². The number of carbonyl (C=O) groups excluding carboxylic acids is 1. The van der Waals surface area contributed by atoms with Gasteiger partial charge in [-0.1, -0.05) is 24.9 Å². The van der Waals surface area contributed by atoms with Crippen LogP contribution >= 0.6 is 0 Å². The van der Waals surface area contributed by atoms with Crippen LogP contribution in [0.15, 0.2) is 18.6 Å². The van der Waals surface area contributed by atoms with Crippen molar-refractivity contribution in [1.82, 2.24) is 25.0 Å². The number of hydrogen-bond acceptors (Lipinski definition) is 6. The van der Waals surface area contributed by atoms with Gasteiger partial charge in [0.15, 0.2) is 5.69 Å². The average Bonchev–Trinajstić information content (AvgIpc) is 2.81. The third kappa shape index (κ3) is 3.72. The quantitative estimate of drug-likeness (QED) is 0.618. The molecule has 0 atom stereocenters. The zero-order chi connectivity index (χ0) is 15.5. The molecule has 7 nitrogen and oxygen atoms in total. The highest BCUT2D eigenvalue weighted by Gasteiger charge is 2.26. The Bertz CT molecular complexity index is 621. The number of esters is 1. The van der Waals surface area contributed by atoms with Crippen molar-refractivity contribution in [1.29, 1.82) is 0 Å². The molecule has 21 heavy (non-hydrogen) atoms. The molecule has 0 aromatic carbocycles. The van der Waals surface area contributed by atoms with Crippen molar-refractivity contribution >= 4 is 14.0 Å². The predicted octanol–water partition coefficient (Wildman–Crippen LogP) is 1.79. The fraction of sp³-hybridized carbons (Fsp3) is 0.462. The van der Waals surface area contributed by atoms with E-state index in [0.717, 1.165) is 0 Å². The van der Waals surface area contributed by atoms with Gasteiger partial charge < -0.3 is 4.74 Å². The first-order chi connectivity index (χ1) is 9.92. The third-order valence-corrected chi connectivity index (χ3v) is 3.88. The first kappa shape index (κ1) is 15.3. The molecule has 0 bridgehead atoms. The van der Waals surface area contributed by atoms with Gasteiger partial charge in [-0.2, -0.15) is 0 Å². The molecule has 0 amide bonds. The smallest absolute Gasteiger partial charge is 0.359 e. The summed E-state index contributed by atoms with van der Waals surface area (Å²) in [5.74, 6) is -0.429. The first-order valence-corrected chi connectivity index (χ1v) is 10.5. The van der Waals surface area contributed by atoms with Crippen molar-refractivity contribution in [3.05, 3.63) is 24.3 Å². The minimum Gasteiger partial charge on any atom is -0.461 e. The van der Waals surface area contributed by atoms with Gasteiger partial charge in [0.25, 0.3) is 0 Å². The van der Waals surface area contributed by atoms with Crippen LogP contribution in [0.2, 0.25) is 19.6 Å². The Morgan fingerprint density at radius 1 is 1.33 bits per heavy atom. The lowest BCUT2D eigenvalue weighted by atomic mass is 10.2. The Morgan fingerprint density at radius 3 is 2.67 bits per heavy atom. The van der Waals surface area contributed by atoms with Gasteiger partial charge in [0.05, 0.1) is 20.9 Å². The van der Waals surface area contributed by atoms with Crippen LogP contribution in [0.3, 0.4) is 0 Å². The van der Waals surface area contributed by atoms with Crippen LogP contribution in [-0.4, -0.2) is 45.6 Å². The van der Waals surface area contributed by atoms with Gasteiger partial charge in [-0.05, 0) is 6.92 Å². The summed E-state index contributed by atoms with van der Waals surface area (Å²) in [4.78, 5) is 20.4. The number of ether oxygens (including phenoxy) is 1. The molecular weight excluding hydrogens is 286 g/mol. The van der Waals surface area contributed by atoms with Crippen molar-refractivity contribution in [3.8, 4) is 11.4 Å². The zero-order valence-corrected chi connectivity index (χ0v) is 13.7. The minimum absolute atomic E-state index is 0.302. The van der Waals surface area contributed by atoms with Gasteiger partial charge >= 0.3 is 5.97 Å². The summed E-state index contributed by atoms with van der Waals surface area (Å²) < 4.78 is 6.76. The van der Waals surface area contributed by atoms with E-state index in [1.54, 1.807) is 30.2 Å². The highest BCUT2D eigenvalue weighted by Crippen LogP contribution is 2.20. The van der Waals surface area contributed by atoms with E-state index in [2.05, 4.69) is 39.9 Å². The van der Waals surface area contributed by atoms with Gasteiger partial charge in [-0.3, -0.25) is 9.97 Å². The molecule has 0 aliphatic carbocycles. The number of aromatic nitrogens is 5. The van der Waals surface area contributed by atoms with Gasteiger partial charge in [-0.15, -0.1) is 5.10 Å². The third-order valence-electron chi connectivity index (χ3n) is 2.63. The second-order valence-electron chi connectivity index (χ2n) is 5.82. The summed E-state index contributed by atoms with van der Waals surface area (Å²) >= 11 is 0. The largest absolute Gasteiger partial charge is 0.461 e. The molecule has 0 saturated heterocycles. The molecule has 2 aromatic rings. The lowest BCUT2D eigenvalue weighted by Gasteiger charge is -2.16. The maximum absolute atomic E-state index is 12.3. The van der Waals surface area contributed by atoms with Crippen molar-refractivity contribution < 1.29 is 9.53 Å². The van der Waals surface area contributed by atoms with E-state index in [9.17, 15) is 4.79 Å². The Balaban J connectivity index is 2.49. The lowest BCUT2D eigenvalue weighted by molar-refractivity contribution is 0.0514. The average molecular weight is 305 g/mol. The van der Waals surface area contributed by atoms with Crippen molar-refractivity contribution in [2.24, 2.45) is 0 Å². The summed E-state index contributed by atoms with van der Waals surface area (Å²) in [5.41, 5.74) is 1.28. The van der Waals surface area contributed by atoms with E-state index < -0.39 is 14.0 Å². The second-order valence-corrected chi connectivity index (χ2v) is 11.3. The van der Waals surface area contributed by atoms with E-state index >= 15 is 0 Å². The number of nitrogens with zero attached hydrogens (tertiary/aromatic N) is 5. The van der Waals surface area contributed by atoms with Crippen LogP contribution in [0, 0.1) is 0 Å². The Hall–Kier alpha value is -2.09. The van der Waals surface area contributed by atoms with E-state index in [1.165, 1.54) is 0 Å². The van der Waals surface area contributed by atoms with Crippen LogP contribution in [-0.2, 0) is 10.9 Å². The summed E-state index contributed by atoms with van der Waals surface area (Å²) in [6, 6.07) is 0. The molecule has 0 fully saturated rings. The molecule has 0 aliphatic rings. The van der Waals surface area contributed by atoms with Gasteiger partial charge in [0.2, 0.25) is 0 Å². The van der Waals surface area contributed by atoms with Crippen molar-refractivity contribution in [2.75, 3.05) is 6.61 Å². The van der Waals surface area contributed by atoms with Crippen LogP contribution in [0.25, 0.3) is 11.4 Å². The fourth-order valence-electron chi connectivity index (χ4n) is 1.87. The Kier molecular flexibility index (Phi) is 4.46. The lowest BCUT2D eigenvalue weighted by Crippen LogP contribution is -2.31. The molecule has 0 unspecified atom stereocenters.